The topological polar surface area (TPSA) is 61.8 Å². The van der Waals surface area contributed by atoms with E-state index in [0.29, 0.717) is 5.11 Å². The summed E-state index contributed by atoms with van der Waals surface area (Å²) in [6, 6.07) is 3.75. The number of pyridine rings is 1. The van der Waals surface area contributed by atoms with Crippen molar-refractivity contribution in [3.63, 3.8) is 0 Å². The number of hydrogen-bond acceptors (Lipinski definition) is 5. The third kappa shape index (κ3) is 5.60. The molecule has 7 heteroatoms. The van der Waals surface area contributed by atoms with Crippen LogP contribution in [0.15, 0.2) is 29.6 Å². The number of hydrogen-bond donors (Lipinski definition) is 2. The lowest BCUT2D eigenvalue weighted by atomic mass is 10.3. The van der Waals surface area contributed by atoms with E-state index in [-0.39, 0.29) is 0 Å². The molecule has 2 heterocycles. The molecule has 0 aromatic carbocycles. The Labute approximate surface area is 124 Å². The quantitative estimate of drug-likeness (QED) is 0.460. The van der Waals surface area contributed by atoms with Gasteiger partial charge >= 0.3 is 0 Å². The Morgan fingerprint density at radius 1 is 1.40 bits per heavy atom. The van der Waals surface area contributed by atoms with Gasteiger partial charge in [-0.1, -0.05) is 0 Å². The lowest BCUT2D eigenvalue weighted by Gasteiger charge is -2.26. The molecule has 0 aliphatic carbocycles. The molecular weight excluding hydrogens is 274 g/mol. The van der Waals surface area contributed by atoms with Crippen LogP contribution in [0, 0.1) is 0 Å². The number of thiocarbonyl (C=S) groups is 1. The summed E-state index contributed by atoms with van der Waals surface area (Å²) in [6.45, 7) is 5.37. The van der Waals surface area contributed by atoms with Crippen molar-refractivity contribution in [2.24, 2.45) is 5.10 Å². The largest absolute Gasteiger partial charge is 0.379 e. The van der Waals surface area contributed by atoms with E-state index in [2.05, 4.69) is 25.7 Å². The second kappa shape index (κ2) is 8.57. The highest BCUT2D eigenvalue weighted by atomic mass is 32.1. The summed E-state index contributed by atoms with van der Waals surface area (Å²) in [4.78, 5) is 6.29. The zero-order chi connectivity index (χ0) is 14.0. The standard InChI is InChI=1S/C13H19N5OS/c20-13(15-5-6-18-7-9-19-10-8-18)17-16-11-12-1-3-14-4-2-12/h1-4,11H,5-10H2,(H2,15,17,20)/b16-11+. The van der Waals surface area contributed by atoms with Crippen molar-refractivity contribution < 1.29 is 4.74 Å². The van der Waals surface area contributed by atoms with E-state index < -0.39 is 0 Å². The van der Waals surface area contributed by atoms with Crippen LogP contribution in [-0.2, 0) is 4.74 Å². The highest BCUT2D eigenvalue weighted by Crippen LogP contribution is 1.94. The number of morpholine rings is 1. The molecule has 1 saturated heterocycles. The molecule has 0 spiro atoms. The van der Waals surface area contributed by atoms with E-state index in [1.165, 1.54) is 0 Å². The van der Waals surface area contributed by atoms with Gasteiger partial charge in [0.15, 0.2) is 5.11 Å². The minimum absolute atomic E-state index is 0.531. The molecule has 0 unspecified atom stereocenters. The van der Waals surface area contributed by atoms with Crippen LogP contribution in [0.1, 0.15) is 5.56 Å². The van der Waals surface area contributed by atoms with E-state index in [1.807, 2.05) is 12.1 Å². The predicted octanol–water partition coefficient (Wildman–Crippen LogP) is 0.212. The zero-order valence-electron chi connectivity index (χ0n) is 11.3. The van der Waals surface area contributed by atoms with Crippen LogP contribution in [0.4, 0.5) is 0 Å². The number of rotatable bonds is 5. The maximum absolute atomic E-state index is 5.30. The third-order valence-electron chi connectivity index (χ3n) is 2.90. The monoisotopic (exact) mass is 293 g/mol. The highest BCUT2D eigenvalue weighted by Gasteiger charge is 2.09. The molecule has 0 radical (unpaired) electrons. The number of nitrogens with one attached hydrogen (secondary N) is 2. The molecule has 0 amide bonds. The first-order valence-electron chi connectivity index (χ1n) is 6.61. The fourth-order valence-corrected chi connectivity index (χ4v) is 1.96. The van der Waals surface area contributed by atoms with Gasteiger partial charge in [-0.05, 0) is 29.9 Å². The summed E-state index contributed by atoms with van der Waals surface area (Å²) in [7, 11) is 0. The van der Waals surface area contributed by atoms with Crippen molar-refractivity contribution in [2.45, 2.75) is 0 Å². The minimum Gasteiger partial charge on any atom is -0.379 e. The summed E-state index contributed by atoms with van der Waals surface area (Å²) >= 11 is 5.14. The molecule has 0 saturated carbocycles. The summed E-state index contributed by atoms with van der Waals surface area (Å²) in [5, 5.41) is 7.73. The normalized spacial score (nSPS) is 16.2. The zero-order valence-corrected chi connectivity index (χ0v) is 12.1. The average molecular weight is 293 g/mol. The van der Waals surface area contributed by atoms with Gasteiger partial charge in [0.05, 0.1) is 19.4 Å². The van der Waals surface area contributed by atoms with Gasteiger partial charge in [-0.3, -0.25) is 15.3 Å². The SMILES string of the molecule is S=C(NCCN1CCOCC1)N/N=C/c1ccncc1. The van der Waals surface area contributed by atoms with Crippen LogP contribution >= 0.6 is 12.2 Å². The first-order chi connectivity index (χ1) is 9.84. The van der Waals surface area contributed by atoms with Gasteiger partial charge in [-0.15, -0.1) is 0 Å². The molecule has 0 bridgehead atoms. The van der Waals surface area contributed by atoms with Gasteiger partial charge in [0, 0.05) is 38.6 Å². The summed E-state index contributed by atoms with van der Waals surface area (Å²) < 4.78 is 5.30. The summed E-state index contributed by atoms with van der Waals surface area (Å²) in [5.74, 6) is 0. The third-order valence-corrected chi connectivity index (χ3v) is 3.14. The van der Waals surface area contributed by atoms with Gasteiger partial charge in [0.25, 0.3) is 0 Å². The van der Waals surface area contributed by atoms with Crippen LogP contribution in [0.5, 0.6) is 0 Å². The molecule has 1 aromatic rings. The van der Waals surface area contributed by atoms with E-state index in [9.17, 15) is 0 Å². The number of hydrazone groups is 1. The Bertz CT molecular complexity index is 434. The van der Waals surface area contributed by atoms with E-state index in [0.717, 1.165) is 45.0 Å². The Kier molecular flexibility index (Phi) is 6.36. The first kappa shape index (κ1) is 14.8. The van der Waals surface area contributed by atoms with Gasteiger partial charge in [0.1, 0.15) is 0 Å². The minimum atomic E-state index is 0.531. The second-order valence-corrected chi connectivity index (χ2v) is 4.77. The van der Waals surface area contributed by atoms with Gasteiger partial charge < -0.3 is 10.1 Å². The average Bonchev–Trinajstić information content (AvgIpc) is 2.49. The summed E-state index contributed by atoms with van der Waals surface area (Å²) in [6.07, 6.45) is 5.15. The molecule has 1 aliphatic rings. The van der Waals surface area contributed by atoms with Gasteiger partial charge in [-0.25, -0.2) is 0 Å². The lowest BCUT2D eigenvalue weighted by molar-refractivity contribution is 0.0389. The first-order valence-corrected chi connectivity index (χ1v) is 7.02. The van der Waals surface area contributed by atoms with E-state index in [4.69, 9.17) is 17.0 Å². The van der Waals surface area contributed by atoms with Crippen molar-refractivity contribution in [1.82, 2.24) is 20.6 Å². The number of aromatic nitrogens is 1. The van der Waals surface area contributed by atoms with Crippen molar-refractivity contribution in [3.05, 3.63) is 30.1 Å². The predicted molar refractivity (Wildman–Crippen MR) is 82.8 cm³/mol. The molecule has 2 rings (SSSR count). The molecule has 1 fully saturated rings. The number of ether oxygens (including phenoxy) is 1. The molecule has 1 aliphatic heterocycles. The molecule has 108 valence electrons. The summed E-state index contributed by atoms with van der Waals surface area (Å²) in [5.41, 5.74) is 3.77. The van der Waals surface area contributed by atoms with E-state index in [1.54, 1.807) is 18.6 Å². The van der Waals surface area contributed by atoms with E-state index >= 15 is 0 Å². The Balaban J connectivity index is 1.59. The molecule has 2 N–H and O–H groups in total. The number of nitrogens with zero attached hydrogens (tertiary/aromatic N) is 3. The Morgan fingerprint density at radius 2 is 2.15 bits per heavy atom. The smallest absolute Gasteiger partial charge is 0.187 e. The van der Waals surface area contributed by atoms with Crippen LogP contribution < -0.4 is 10.7 Å². The molecule has 20 heavy (non-hydrogen) atoms. The van der Waals surface area contributed by atoms with Crippen molar-refractivity contribution in [2.75, 3.05) is 39.4 Å². The maximum Gasteiger partial charge on any atom is 0.187 e. The molecular formula is C13H19N5OS. The van der Waals surface area contributed by atoms with Crippen LogP contribution in [0.3, 0.4) is 0 Å². The van der Waals surface area contributed by atoms with Crippen molar-refractivity contribution in [1.29, 1.82) is 0 Å². The highest BCUT2D eigenvalue weighted by molar-refractivity contribution is 7.80. The second-order valence-electron chi connectivity index (χ2n) is 4.36. The van der Waals surface area contributed by atoms with Crippen molar-refractivity contribution in [3.8, 4) is 0 Å². The lowest BCUT2D eigenvalue weighted by Crippen LogP contribution is -2.42. The Hall–Kier alpha value is -1.57. The fourth-order valence-electron chi connectivity index (χ4n) is 1.81. The van der Waals surface area contributed by atoms with Crippen LogP contribution in [0.2, 0.25) is 0 Å². The van der Waals surface area contributed by atoms with Crippen LogP contribution in [0.25, 0.3) is 0 Å². The Morgan fingerprint density at radius 3 is 2.90 bits per heavy atom. The fraction of sp³-hybridized carbons (Fsp3) is 0.462. The molecule has 6 nitrogen and oxygen atoms in total. The van der Waals surface area contributed by atoms with Crippen LogP contribution in [-0.4, -0.2) is 60.6 Å². The van der Waals surface area contributed by atoms with Gasteiger partial charge in [0.2, 0.25) is 0 Å². The van der Waals surface area contributed by atoms with Gasteiger partial charge in [-0.2, -0.15) is 5.10 Å². The van der Waals surface area contributed by atoms with Crippen molar-refractivity contribution >= 4 is 23.5 Å². The maximum atomic E-state index is 5.30. The molecule has 1 aromatic heterocycles. The molecule has 0 atom stereocenters.